The molecule has 0 unspecified atom stereocenters. The lowest BCUT2D eigenvalue weighted by Gasteiger charge is -2.34. The second kappa shape index (κ2) is 7.75. The van der Waals surface area contributed by atoms with E-state index in [4.69, 9.17) is 4.74 Å². The van der Waals surface area contributed by atoms with Gasteiger partial charge in [-0.05, 0) is 19.1 Å². The molecule has 0 bridgehead atoms. The van der Waals surface area contributed by atoms with Crippen molar-refractivity contribution >= 4 is 17.7 Å². The molecule has 2 amide bonds. The van der Waals surface area contributed by atoms with Gasteiger partial charge in [-0.25, -0.2) is 13.6 Å². The topological polar surface area (TPSA) is 61.9 Å². The largest absolute Gasteiger partial charge is 0.450 e. The first-order chi connectivity index (χ1) is 11.0. The molecule has 8 heteroatoms. The van der Waals surface area contributed by atoms with E-state index < -0.39 is 17.7 Å². The first-order valence-electron chi connectivity index (χ1n) is 7.40. The number of amides is 2. The van der Waals surface area contributed by atoms with Crippen molar-refractivity contribution in [3.05, 3.63) is 29.8 Å². The molecule has 126 valence electrons. The highest BCUT2D eigenvalue weighted by Gasteiger charge is 2.24. The quantitative estimate of drug-likeness (QED) is 0.914. The van der Waals surface area contributed by atoms with Gasteiger partial charge in [0.15, 0.2) is 0 Å². The van der Waals surface area contributed by atoms with Crippen LogP contribution in [0.1, 0.15) is 6.92 Å². The van der Waals surface area contributed by atoms with E-state index in [1.807, 2.05) is 0 Å². The summed E-state index contributed by atoms with van der Waals surface area (Å²) in [4.78, 5) is 26.7. The number of para-hydroxylation sites is 1. The summed E-state index contributed by atoms with van der Waals surface area (Å²) in [5, 5.41) is 2.49. The fourth-order valence-electron chi connectivity index (χ4n) is 2.30. The lowest BCUT2D eigenvalue weighted by molar-refractivity contribution is -0.130. The fourth-order valence-corrected chi connectivity index (χ4v) is 2.30. The number of carbonyl (C=O) groups is 2. The fraction of sp³-hybridized carbons (Fsp3) is 0.467. The highest BCUT2D eigenvalue weighted by molar-refractivity contribution is 5.81. The number of anilines is 1. The van der Waals surface area contributed by atoms with Crippen LogP contribution in [-0.4, -0.2) is 61.1 Å². The molecule has 2 rings (SSSR count). The Labute approximate surface area is 133 Å². The Morgan fingerprint density at radius 2 is 1.70 bits per heavy atom. The molecule has 1 fully saturated rings. The Balaban J connectivity index is 1.83. The molecule has 1 aliphatic rings. The van der Waals surface area contributed by atoms with Crippen LogP contribution >= 0.6 is 0 Å². The van der Waals surface area contributed by atoms with E-state index in [-0.39, 0.29) is 18.1 Å². The van der Waals surface area contributed by atoms with Crippen molar-refractivity contribution in [2.75, 3.05) is 44.6 Å². The SMILES string of the molecule is CCOC(=O)N1CCN(C(=O)CNc2c(F)cccc2F)CC1. The molecule has 1 aliphatic heterocycles. The van der Waals surface area contributed by atoms with Gasteiger partial charge in [0.2, 0.25) is 5.91 Å². The van der Waals surface area contributed by atoms with E-state index >= 15 is 0 Å². The van der Waals surface area contributed by atoms with Crippen molar-refractivity contribution in [3.63, 3.8) is 0 Å². The van der Waals surface area contributed by atoms with Crippen LogP contribution in [0.2, 0.25) is 0 Å². The number of hydrogen-bond donors (Lipinski definition) is 1. The number of benzene rings is 1. The standard InChI is InChI=1S/C15H19F2N3O3/c1-2-23-15(22)20-8-6-19(7-9-20)13(21)10-18-14-11(16)4-3-5-12(14)17/h3-5,18H,2,6-10H2,1H3. The second-order valence-electron chi connectivity index (χ2n) is 5.02. The normalized spacial score (nSPS) is 14.6. The minimum atomic E-state index is -0.745. The monoisotopic (exact) mass is 327 g/mol. The molecule has 0 spiro atoms. The number of piperazine rings is 1. The Bertz CT molecular complexity index is 555. The van der Waals surface area contributed by atoms with Gasteiger partial charge in [0.1, 0.15) is 17.3 Å². The first-order valence-corrected chi connectivity index (χ1v) is 7.40. The lowest BCUT2D eigenvalue weighted by atomic mass is 10.2. The third-order valence-corrected chi connectivity index (χ3v) is 3.54. The maximum Gasteiger partial charge on any atom is 0.409 e. The van der Waals surface area contributed by atoms with Gasteiger partial charge in [-0.2, -0.15) is 0 Å². The molecule has 23 heavy (non-hydrogen) atoms. The van der Waals surface area contributed by atoms with E-state index in [9.17, 15) is 18.4 Å². The number of hydrogen-bond acceptors (Lipinski definition) is 4. The van der Waals surface area contributed by atoms with Gasteiger partial charge in [-0.1, -0.05) is 6.07 Å². The molecule has 1 saturated heterocycles. The van der Waals surface area contributed by atoms with Gasteiger partial charge < -0.3 is 19.9 Å². The lowest BCUT2D eigenvalue weighted by Crippen LogP contribution is -2.51. The smallest absolute Gasteiger partial charge is 0.409 e. The van der Waals surface area contributed by atoms with Crippen molar-refractivity contribution < 1.29 is 23.1 Å². The first kappa shape index (κ1) is 17.0. The van der Waals surface area contributed by atoms with Crippen LogP contribution in [0.5, 0.6) is 0 Å². The van der Waals surface area contributed by atoms with Crippen molar-refractivity contribution in [1.82, 2.24) is 9.80 Å². The summed E-state index contributed by atoms with van der Waals surface area (Å²) in [6, 6.07) is 3.49. The molecular weight excluding hydrogens is 308 g/mol. The molecule has 0 aromatic heterocycles. The molecule has 0 saturated carbocycles. The third-order valence-electron chi connectivity index (χ3n) is 3.54. The molecule has 1 N–H and O–H groups in total. The predicted octanol–water partition coefficient (Wildman–Crippen LogP) is 1.68. The maximum atomic E-state index is 13.5. The summed E-state index contributed by atoms with van der Waals surface area (Å²) in [6.45, 7) is 3.29. The second-order valence-corrected chi connectivity index (χ2v) is 5.02. The number of ether oxygens (including phenoxy) is 1. The van der Waals surface area contributed by atoms with Crippen LogP contribution in [0.15, 0.2) is 18.2 Å². The molecule has 1 aromatic carbocycles. The van der Waals surface area contributed by atoms with E-state index in [1.165, 1.54) is 11.0 Å². The van der Waals surface area contributed by atoms with Crippen LogP contribution in [0.4, 0.5) is 19.3 Å². The zero-order valence-corrected chi connectivity index (χ0v) is 12.8. The molecule has 0 aliphatic carbocycles. The zero-order chi connectivity index (χ0) is 16.8. The summed E-state index contributed by atoms with van der Waals surface area (Å²) in [5.41, 5.74) is -0.314. The Morgan fingerprint density at radius 1 is 1.13 bits per heavy atom. The van der Waals surface area contributed by atoms with Gasteiger partial charge in [-0.15, -0.1) is 0 Å². The molecule has 0 radical (unpaired) electrons. The molecular formula is C15H19F2N3O3. The van der Waals surface area contributed by atoms with Gasteiger partial charge in [0, 0.05) is 26.2 Å². The average molecular weight is 327 g/mol. The highest BCUT2D eigenvalue weighted by Crippen LogP contribution is 2.17. The van der Waals surface area contributed by atoms with Gasteiger partial charge in [0.25, 0.3) is 0 Å². The van der Waals surface area contributed by atoms with Crippen molar-refractivity contribution in [3.8, 4) is 0 Å². The number of nitrogens with zero attached hydrogens (tertiary/aromatic N) is 2. The predicted molar refractivity (Wildman–Crippen MR) is 80.0 cm³/mol. The number of halogens is 2. The summed E-state index contributed by atoms with van der Waals surface area (Å²) in [7, 11) is 0. The third kappa shape index (κ3) is 4.30. The Kier molecular flexibility index (Phi) is 5.72. The van der Waals surface area contributed by atoms with Crippen LogP contribution in [0.3, 0.4) is 0 Å². The van der Waals surface area contributed by atoms with Crippen LogP contribution in [0, 0.1) is 11.6 Å². The van der Waals surface area contributed by atoms with Gasteiger partial charge in [0.05, 0.1) is 13.2 Å². The van der Waals surface area contributed by atoms with Crippen molar-refractivity contribution in [2.24, 2.45) is 0 Å². The van der Waals surface area contributed by atoms with Crippen molar-refractivity contribution in [1.29, 1.82) is 0 Å². The van der Waals surface area contributed by atoms with Crippen LogP contribution in [0.25, 0.3) is 0 Å². The molecule has 0 atom stereocenters. The number of carbonyl (C=O) groups excluding carboxylic acids is 2. The van der Waals surface area contributed by atoms with Crippen LogP contribution < -0.4 is 5.32 Å². The van der Waals surface area contributed by atoms with E-state index in [2.05, 4.69) is 5.32 Å². The number of nitrogens with one attached hydrogen (secondary N) is 1. The highest BCUT2D eigenvalue weighted by atomic mass is 19.1. The molecule has 1 heterocycles. The Morgan fingerprint density at radius 3 is 2.26 bits per heavy atom. The minimum Gasteiger partial charge on any atom is -0.450 e. The van der Waals surface area contributed by atoms with Crippen molar-refractivity contribution in [2.45, 2.75) is 6.92 Å². The zero-order valence-electron chi connectivity index (χ0n) is 12.8. The molecule has 6 nitrogen and oxygen atoms in total. The van der Waals surface area contributed by atoms with E-state index in [0.29, 0.717) is 32.8 Å². The molecule has 1 aromatic rings. The average Bonchev–Trinajstić information content (AvgIpc) is 2.54. The van der Waals surface area contributed by atoms with Gasteiger partial charge >= 0.3 is 6.09 Å². The summed E-state index contributed by atoms with van der Waals surface area (Å²) < 4.78 is 31.8. The van der Waals surface area contributed by atoms with E-state index in [0.717, 1.165) is 12.1 Å². The summed E-state index contributed by atoms with van der Waals surface area (Å²) in [5.74, 6) is -1.77. The van der Waals surface area contributed by atoms with Crippen LogP contribution in [-0.2, 0) is 9.53 Å². The minimum absolute atomic E-state index is 0.211. The summed E-state index contributed by atoms with van der Waals surface area (Å²) >= 11 is 0. The maximum absolute atomic E-state index is 13.5. The number of rotatable bonds is 4. The van der Waals surface area contributed by atoms with Gasteiger partial charge in [-0.3, -0.25) is 4.79 Å². The summed E-state index contributed by atoms with van der Waals surface area (Å²) in [6.07, 6.45) is -0.397. The Hall–Kier alpha value is -2.38. The van der Waals surface area contributed by atoms with E-state index in [1.54, 1.807) is 11.8 Å².